The molecule has 0 N–H and O–H groups in total. The molecule has 0 bridgehead atoms. The van der Waals surface area contributed by atoms with Crippen LogP contribution in [0.2, 0.25) is 0 Å². The van der Waals surface area contributed by atoms with E-state index in [1.165, 1.54) is 34.0 Å². The third kappa shape index (κ3) is 2.58. The number of carbonyl (C=O) groups excluding carboxylic acids is 1. The fraction of sp³-hybridized carbons (Fsp3) is 0.118. The van der Waals surface area contributed by atoms with E-state index in [1.807, 2.05) is 0 Å². The predicted molar refractivity (Wildman–Crippen MR) is 85.5 cm³/mol. The molecule has 3 aromatic rings. The zero-order valence-corrected chi connectivity index (χ0v) is 12.8. The summed E-state index contributed by atoms with van der Waals surface area (Å²) in [6.07, 6.45) is 0. The smallest absolute Gasteiger partial charge is 0.288 e. The topological polar surface area (TPSA) is 26.3 Å². The Hall–Kier alpha value is -2.13. The molecule has 0 radical (unpaired) electrons. The molecule has 0 aliphatic heterocycles. The molecule has 3 aromatic carbocycles. The summed E-state index contributed by atoms with van der Waals surface area (Å²) in [4.78, 5) is 10.9. The fourth-order valence-electron chi connectivity index (χ4n) is 2.55. The number of hydrogen-bond donors (Lipinski definition) is 0. The summed E-state index contributed by atoms with van der Waals surface area (Å²) < 4.78 is 5.18. The van der Waals surface area contributed by atoms with Crippen LogP contribution in [0, 0.1) is 0 Å². The monoisotopic (exact) mass is 280 g/mol. The summed E-state index contributed by atoms with van der Waals surface area (Å²) >= 11 is 0. The van der Waals surface area contributed by atoms with Crippen molar-refractivity contribution in [1.82, 2.24) is 0 Å². The van der Waals surface area contributed by atoms with Gasteiger partial charge in [-0.15, -0.1) is 0 Å². The van der Waals surface area contributed by atoms with Gasteiger partial charge in [-0.1, -0.05) is 42.5 Å². The highest BCUT2D eigenvalue weighted by atomic mass is 28.2. The molecule has 3 heteroatoms. The molecule has 100 valence electrons. The van der Waals surface area contributed by atoms with E-state index in [4.69, 9.17) is 4.43 Å². The van der Waals surface area contributed by atoms with Crippen molar-refractivity contribution in [1.29, 1.82) is 0 Å². The molecule has 0 aliphatic carbocycles. The lowest BCUT2D eigenvalue weighted by atomic mass is 10.0. The van der Waals surface area contributed by atoms with Crippen molar-refractivity contribution in [3.8, 4) is 0 Å². The fourth-order valence-corrected chi connectivity index (χ4v) is 3.60. The van der Waals surface area contributed by atoms with Crippen molar-refractivity contribution >= 4 is 37.3 Å². The van der Waals surface area contributed by atoms with Crippen LogP contribution in [0.1, 0.15) is 12.5 Å². The molecule has 0 saturated carbocycles. The predicted octanol–water partition coefficient (Wildman–Crippen LogP) is 3.14. The third-order valence-electron chi connectivity index (χ3n) is 3.51. The Morgan fingerprint density at radius 3 is 2.45 bits per heavy atom. The first-order valence-electron chi connectivity index (χ1n) is 6.78. The molecule has 0 amide bonds. The van der Waals surface area contributed by atoms with Crippen LogP contribution >= 0.6 is 0 Å². The molecule has 0 atom stereocenters. The lowest BCUT2D eigenvalue weighted by molar-refractivity contribution is -0.131. The average Bonchev–Trinajstić information content (AvgIpc) is 2.45. The molecular weight excluding hydrogens is 264 g/mol. The first-order valence-corrected chi connectivity index (χ1v) is 8.35. The van der Waals surface area contributed by atoms with Crippen LogP contribution in [0.25, 0.3) is 21.5 Å². The van der Waals surface area contributed by atoms with Crippen LogP contribution in [0.15, 0.2) is 54.6 Å². The summed E-state index contributed by atoms with van der Waals surface area (Å²) in [5.74, 6) is -0.164. The van der Waals surface area contributed by atoms with Gasteiger partial charge >= 0.3 is 0 Å². The number of fused-ring (bicyclic) bond motifs is 2. The third-order valence-corrected chi connectivity index (χ3v) is 4.87. The lowest BCUT2D eigenvalue weighted by Gasteiger charge is -2.08. The first-order chi connectivity index (χ1) is 9.74. The van der Waals surface area contributed by atoms with E-state index in [9.17, 15) is 4.79 Å². The molecule has 0 heterocycles. The molecular formula is C17H16O2Si. The van der Waals surface area contributed by atoms with E-state index in [-0.39, 0.29) is 5.97 Å². The standard InChI is InChI=1S/C17H16O2Si/c1-12(18)19-20-11-16-8-4-7-15-9-13-5-2-3-6-14(13)10-17(15)16/h2-10H,11,20H2,1H3. The van der Waals surface area contributed by atoms with Gasteiger partial charge in [-0.05, 0) is 45.3 Å². The molecule has 3 rings (SSSR count). The van der Waals surface area contributed by atoms with Gasteiger partial charge in [0.05, 0.1) is 0 Å². The quantitative estimate of drug-likeness (QED) is 0.544. The number of benzene rings is 3. The summed E-state index contributed by atoms with van der Waals surface area (Å²) in [5, 5.41) is 5.03. The largest absolute Gasteiger partial charge is 0.525 e. The number of hydrogen-bond acceptors (Lipinski definition) is 2. The lowest BCUT2D eigenvalue weighted by Crippen LogP contribution is -2.07. The number of rotatable bonds is 3. The second-order valence-electron chi connectivity index (χ2n) is 4.93. The van der Waals surface area contributed by atoms with Crippen molar-refractivity contribution in [2.75, 3.05) is 0 Å². The van der Waals surface area contributed by atoms with E-state index in [0.29, 0.717) is 0 Å². The van der Waals surface area contributed by atoms with Crippen molar-refractivity contribution in [2.45, 2.75) is 13.0 Å². The van der Waals surface area contributed by atoms with E-state index < -0.39 is 9.76 Å². The van der Waals surface area contributed by atoms with Gasteiger partial charge < -0.3 is 4.43 Å². The molecule has 0 saturated heterocycles. The van der Waals surface area contributed by atoms with E-state index in [0.717, 1.165) is 6.04 Å². The Kier molecular flexibility index (Phi) is 3.52. The van der Waals surface area contributed by atoms with Crippen LogP contribution in [0.3, 0.4) is 0 Å². The van der Waals surface area contributed by atoms with Crippen molar-refractivity contribution in [3.63, 3.8) is 0 Å². The first kappa shape index (κ1) is 12.9. The molecule has 0 spiro atoms. The van der Waals surface area contributed by atoms with Crippen LogP contribution < -0.4 is 0 Å². The minimum atomic E-state index is -0.824. The second kappa shape index (κ2) is 5.47. The summed E-state index contributed by atoms with van der Waals surface area (Å²) in [6.45, 7) is 1.48. The Morgan fingerprint density at radius 1 is 1.00 bits per heavy atom. The molecule has 2 nitrogen and oxygen atoms in total. The zero-order chi connectivity index (χ0) is 13.9. The van der Waals surface area contributed by atoms with Gasteiger partial charge in [-0.25, -0.2) is 0 Å². The van der Waals surface area contributed by atoms with Gasteiger partial charge in [0.25, 0.3) is 5.97 Å². The van der Waals surface area contributed by atoms with Crippen molar-refractivity contribution < 1.29 is 9.22 Å². The maximum Gasteiger partial charge on any atom is 0.288 e. The van der Waals surface area contributed by atoms with Gasteiger partial charge in [0.1, 0.15) is 0 Å². The second-order valence-corrected chi connectivity index (χ2v) is 6.12. The van der Waals surface area contributed by atoms with Crippen LogP contribution in [-0.4, -0.2) is 15.7 Å². The van der Waals surface area contributed by atoms with Crippen LogP contribution in [0.4, 0.5) is 0 Å². The Balaban J connectivity index is 2.03. The summed E-state index contributed by atoms with van der Waals surface area (Å²) in [6, 6.07) is 20.1. The van der Waals surface area contributed by atoms with E-state index >= 15 is 0 Å². The highest BCUT2D eigenvalue weighted by Gasteiger charge is 2.04. The molecule has 0 aromatic heterocycles. The summed E-state index contributed by atoms with van der Waals surface area (Å²) in [7, 11) is -0.824. The van der Waals surface area contributed by atoms with Gasteiger partial charge in [0.15, 0.2) is 0 Å². The van der Waals surface area contributed by atoms with Gasteiger partial charge in [0.2, 0.25) is 9.76 Å². The Labute approximate surface area is 120 Å². The Bertz CT molecular complexity index is 780. The molecule has 0 aliphatic rings. The summed E-state index contributed by atoms with van der Waals surface area (Å²) in [5.41, 5.74) is 1.28. The maximum atomic E-state index is 10.9. The van der Waals surface area contributed by atoms with E-state index in [1.54, 1.807) is 0 Å². The van der Waals surface area contributed by atoms with Crippen LogP contribution in [0.5, 0.6) is 0 Å². The minimum absolute atomic E-state index is 0.164. The SMILES string of the molecule is CC(=O)O[SiH2]Cc1cccc2cc3ccccc3cc12. The Morgan fingerprint density at radius 2 is 1.70 bits per heavy atom. The van der Waals surface area contributed by atoms with Crippen molar-refractivity contribution in [2.24, 2.45) is 0 Å². The average molecular weight is 280 g/mol. The normalized spacial score (nSPS) is 11.4. The molecule has 0 unspecified atom stereocenters. The number of carbonyl (C=O) groups is 1. The maximum absolute atomic E-state index is 10.9. The zero-order valence-electron chi connectivity index (χ0n) is 11.4. The van der Waals surface area contributed by atoms with Crippen molar-refractivity contribution in [3.05, 3.63) is 60.2 Å². The highest BCUT2D eigenvalue weighted by Crippen LogP contribution is 2.25. The van der Waals surface area contributed by atoms with Gasteiger partial charge in [-0.2, -0.15) is 0 Å². The van der Waals surface area contributed by atoms with Crippen LogP contribution in [-0.2, 0) is 15.3 Å². The van der Waals surface area contributed by atoms with E-state index in [2.05, 4.69) is 54.6 Å². The molecule has 0 fully saturated rings. The van der Waals surface area contributed by atoms with Gasteiger partial charge in [-0.3, -0.25) is 4.79 Å². The van der Waals surface area contributed by atoms with Gasteiger partial charge in [0, 0.05) is 6.92 Å². The minimum Gasteiger partial charge on any atom is -0.525 e. The highest BCUT2D eigenvalue weighted by molar-refractivity contribution is 6.30. The molecule has 20 heavy (non-hydrogen) atoms.